The van der Waals surface area contributed by atoms with E-state index < -0.39 is 9.04 Å². The predicted octanol–water partition coefficient (Wildman–Crippen LogP) is 3.49. The first kappa shape index (κ1) is 11.2. The highest BCUT2D eigenvalue weighted by atomic mass is 28.3. The van der Waals surface area contributed by atoms with Crippen molar-refractivity contribution in [3.05, 3.63) is 42.0 Å². The van der Waals surface area contributed by atoms with Crippen LogP contribution in [0.25, 0.3) is 5.57 Å². The molecule has 0 aliphatic heterocycles. The van der Waals surface area contributed by atoms with Crippen molar-refractivity contribution >= 4 is 14.6 Å². The first-order valence-electron chi connectivity index (χ1n) is 4.78. The van der Waals surface area contributed by atoms with Gasteiger partial charge in [-0.1, -0.05) is 36.4 Å². The molecule has 0 heterocycles. The SMILES string of the molecule is C=C(C)c1ccccc1CO[Si](C)C. The molecule has 0 saturated carbocycles. The topological polar surface area (TPSA) is 9.23 Å². The minimum Gasteiger partial charge on any atom is -0.413 e. The van der Waals surface area contributed by atoms with Crippen molar-refractivity contribution in [2.45, 2.75) is 26.6 Å². The molecule has 0 spiro atoms. The molecule has 75 valence electrons. The lowest BCUT2D eigenvalue weighted by molar-refractivity contribution is 0.314. The maximum absolute atomic E-state index is 5.68. The van der Waals surface area contributed by atoms with E-state index in [1.165, 1.54) is 11.1 Å². The maximum atomic E-state index is 5.68. The molecule has 0 saturated heterocycles. The van der Waals surface area contributed by atoms with E-state index in [2.05, 4.69) is 31.8 Å². The highest BCUT2D eigenvalue weighted by Gasteiger charge is 2.03. The van der Waals surface area contributed by atoms with E-state index in [1.54, 1.807) is 0 Å². The highest BCUT2D eigenvalue weighted by Crippen LogP contribution is 2.17. The van der Waals surface area contributed by atoms with Gasteiger partial charge in [-0.25, -0.2) is 0 Å². The van der Waals surface area contributed by atoms with Gasteiger partial charge in [-0.15, -0.1) is 0 Å². The summed E-state index contributed by atoms with van der Waals surface area (Å²) in [7, 11) is -0.604. The fourth-order valence-corrected chi connectivity index (χ4v) is 1.73. The maximum Gasteiger partial charge on any atom is 0.205 e. The standard InChI is InChI=1S/C12H17OSi/c1-10(2)12-8-6-5-7-11(12)9-13-14(3)4/h5-8H,1,9H2,2-4H3. The van der Waals surface area contributed by atoms with Crippen LogP contribution in [0.5, 0.6) is 0 Å². The molecule has 1 radical (unpaired) electrons. The van der Waals surface area contributed by atoms with Crippen molar-refractivity contribution < 1.29 is 4.43 Å². The lowest BCUT2D eigenvalue weighted by Gasteiger charge is -2.11. The molecule has 0 aliphatic carbocycles. The smallest absolute Gasteiger partial charge is 0.205 e. The zero-order chi connectivity index (χ0) is 10.6. The summed E-state index contributed by atoms with van der Waals surface area (Å²) in [5, 5.41) is 0. The van der Waals surface area contributed by atoms with Crippen LogP contribution < -0.4 is 0 Å². The largest absolute Gasteiger partial charge is 0.413 e. The molecule has 0 aromatic heterocycles. The second-order valence-electron chi connectivity index (χ2n) is 3.63. The van der Waals surface area contributed by atoms with Crippen LogP contribution in [0.2, 0.25) is 13.1 Å². The third kappa shape index (κ3) is 3.12. The molecule has 1 nitrogen and oxygen atoms in total. The lowest BCUT2D eigenvalue weighted by atomic mass is 10.0. The molecular weight excluding hydrogens is 188 g/mol. The van der Waals surface area contributed by atoms with Crippen molar-refractivity contribution in [3.63, 3.8) is 0 Å². The molecule has 0 atom stereocenters. The van der Waals surface area contributed by atoms with Crippen LogP contribution in [-0.2, 0) is 11.0 Å². The van der Waals surface area contributed by atoms with Gasteiger partial charge in [0.15, 0.2) is 0 Å². The summed E-state index contributed by atoms with van der Waals surface area (Å²) in [6, 6.07) is 8.29. The Kier molecular flexibility index (Phi) is 4.11. The summed E-state index contributed by atoms with van der Waals surface area (Å²) in [5.41, 5.74) is 3.56. The van der Waals surface area contributed by atoms with Crippen molar-refractivity contribution in [3.8, 4) is 0 Å². The molecule has 0 amide bonds. The van der Waals surface area contributed by atoms with Gasteiger partial charge < -0.3 is 4.43 Å². The van der Waals surface area contributed by atoms with E-state index in [-0.39, 0.29) is 0 Å². The van der Waals surface area contributed by atoms with Gasteiger partial charge in [0.2, 0.25) is 9.04 Å². The molecule has 14 heavy (non-hydrogen) atoms. The van der Waals surface area contributed by atoms with Crippen LogP contribution in [0.15, 0.2) is 30.8 Å². The van der Waals surface area contributed by atoms with Gasteiger partial charge in [0.1, 0.15) is 0 Å². The number of hydrogen-bond acceptors (Lipinski definition) is 1. The van der Waals surface area contributed by atoms with Crippen LogP contribution >= 0.6 is 0 Å². The molecule has 0 fully saturated rings. The number of benzene rings is 1. The minimum absolute atomic E-state index is 0.604. The first-order valence-corrected chi connectivity index (χ1v) is 7.19. The Balaban J connectivity index is 2.79. The van der Waals surface area contributed by atoms with Gasteiger partial charge in [0.25, 0.3) is 0 Å². The average Bonchev–Trinajstić information content (AvgIpc) is 2.15. The summed E-state index contributed by atoms with van der Waals surface area (Å²) in [6.07, 6.45) is 0. The summed E-state index contributed by atoms with van der Waals surface area (Å²) in [6.45, 7) is 11.0. The number of rotatable bonds is 4. The quantitative estimate of drug-likeness (QED) is 0.684. The van der Waals surface area contributed by atoms with E-state index in [0.29, 0.717) is 6.61 Å². The van der Waals surface area contributed by atoms with Crippen LogP contribution in [0.3, 0.4) is 0 Å². The zero-order valence-corrected chi connectivity index (χ0v) is 10.1. The highest BCUT2D eigenvalue weighted by molar-refractivity contribution is 6.48. The van der Waals surface area contributed by atoms with E-state index in [1.807, 2.05) is 19.1 Å². The van der Waals surface area contributed by atoms with Gasteiger partial charge in [-0.05, 0) is 31.1 Å². The molecule has 1 aromatic carbocycles. The fourth-order valence-electron chi connectivity index (χ4n) is 1.28. The van der Waals surface area contributed by atoms with Crippen molar-refractivity contribution in [1.29, 1.82) is 0 Å². The predicted molar refractivity (Wildman–Crippen MR) is 63.4 cm³/mol. The Morgan fingerprint density at radius 2 is 2.00 bits per heavy atom. The molecule has 0 bridgehead atoms. The molecule has 2 heteroatoms. The van der Waals surface area contributed by atoms with Crippen LogP contribution in [0, 0.1) is 0 Å². The van der Waals surface area contributed by atoms with Gasteiger partial charge in [-0.2, -0.15) is 0 Å². The first-order chi connectivity index (χ1) is 6.61. The Morgan fingerprint density at radius 1 is 1.36 bits per heavy atom. The lowest BCUT2D eigenvalue weighted by Crippen LogP contribution is -2.08. The van der Waals surface area contributed by atoms with Crippen molar-refractivity contribution in [2.75, 3.05) is 0 Å². The minimum atomic E-state index is -0.604. The molecule has 1 aromatic rings. The molecule has 0 aliphatic rings. The van der Waals surface area contributed by atoms with Gasteiger partial charge in [-0.3, -0.25) is 0 Å². The molecule has 0 unspecified atom stereocenters. The second kappa shape index (κ2) is 5.13. The van der Waals surface area contributed by atoms with E-state index in [9.17, 15) is 0 Å². The Bertz CT molecular complexity index is 318. The number of hydrogen-bond donors (Lipinski definition) is 0. The van der Waals surface area contributed by atoms with E-state index >= 15 is 0 Å². The Hall–Kier alpha value is -0.863. The molecular formula is C12H17OSi. The fraction of sp³-hybridized carbons (Fsp3) is 0.333. The third-order valence-corrected chi connectivity index (χ3v) is 2.72. The van der Waals surface area contributed by atoms with Gasteiger partial charge in [0.05, 0.1) is 6.61 Å². The number of allylic oxidation sites excluding steroid dienone is 1. The summed E-state index contributed by atoms with van der Waals surface area (Å²) in [5.74, 6) is 0. The summed E-state index contributed by atoms with van der Waals surface area (Å²) < 4.78 is 5.68. The monoisotopic (exact) mass is 205 g/mol. The van der Waals surface area contributed by atoms with Gasteiger partial charge >= 0.3 is 0 Å². The Morgan fingerprint density at radius 3 is 2.57 bits per heavy atom. The normalized spacial score (nSPS) is 10.6. The van der Waals surface area contributed by atoms with Crippen LogP contribution in [-0.4, -0.2) is 9.04 Å². The van der Waals surface area contributed by atoms with Crippen molar-refractivity contribution in [2.24, 2.45) is 0 Å². The van der Waals surface area contributed by atoms with Crippen LogP contribution in [0.4, 0.5) is 0 Å². The Labute approximate surface area is 88.1 Å². The van der Waals surface area contributed by atoms with Crippen LogP contribution in [0.1, 0.15) is 18.1 Å². The molecule has 1 rings (SSSR count). The third-order valence-electron chi connectivity index (χ3n) is 1.99. The van der Waals surface area contributed by atoms with E-state index in [0.717, 1.165) is 5.57 Å². The van der Waals surface area contributed by atoms with Gasteiger partial charge in [0, 0.05) is 0 Å². The second-order valence-corrected chi connectivity index (χ2v) is 5.74. The molecule has 0 N–H and O–H groups in total. The summed E-state index contributed by atoms with van der Waals surface area (Å²) in [4.78, 5) is 0. The zero-order valence-electron chi connectivity index (χ0n) is 9.13. The average molecular weight is 205 g/mol. The van der Waals surface area contributed by atoms with Crippen molar-refractivity contribution in [1.82, 2.24) is 0 Å². The summed E-state index contributed by atoms with van der Waals surface area (Å²) >= 11 is 0. The van der Waals surface area contributed by atoms with E-state index in [4.69, 9.17) is 4.43 Å².